The number of rotatable bonds is 82. The van der Waals surface area contributed by atoms with Crippen molar-refractivity contribution in [1.29, 1.82) is 0 Å². The van der Waals surface area contributed by atoms with Crippen molar-refractivity contribution >= 4 is 10.1 Å². The van der Waals surface area contributed by atoms with E-state index in [9.17, 15) is 4.55 Å². The van der Waals surface area contributed by atoms with E-state index in [1.807, 2.05) is 0 Å². The van der Waals surface area contributed by atoms with Crippen LogP contribution in [0.3, 0.4) is 0 Å². The highest BCUT2D eigenvalue weighted by atomic mass is 32.2. The SMILES string of the molecule is CCCCCCCCCOC1(OCCCCCCCCC)CC(OCCCCCCCCC)(S(=O)(=O)O)C(OCCCCCCCCC)(OCCCCCCCCC)C(OCCCCCCCCC)(OCCCCCCCCC)C1(OCCCCCCCCC)OCCCCCCCCC. The first-order valence-corrected chi connectivity index (χ1v) is 46.2. The number of unbranched alkanes of at least 4 members (excludes halogenated alkanes) is 54. The first-order chi connectivity index (χ1) is 49.0. The first kappa shape index (κ1) is 97.6. The molecular weight excluding hydrogens is 1270 g/mol. The third kappa shape index (κ3) is 40.7. The van der Waals surface area contributed by atoms with E-state index < -0.39 is 44.6 Å². The van der Waals surface area contributed by atoms with Gasteiger partial charge in [-0.2, -0.15) is 8.42 Å². The van der Waals surface area contributed by atoms with Crippen molar-refractivity contribution in [1.82, 2.24) is 0 Å². The van der Waals surface area contributed by atoms with Gasteiger partial charge < -0.3 is 42.6 Å². The van der Waals surface area contributed by atoms with Crippen molar-refractivity contribution in [3.8, 4) is 0 Å². The van der Waals surface area contributed by atoms with Crippen LogP contribution in [0.5, 0.6) is 0 Å². The van der Waals surface area contributed by atoms with Crippen molar-refractivity contribution in [3.63, 3.8) is 0 Å². The summed E-state index contributed by atoms with van der Waals surface area (Å²) in [5.74, 6) is -9.32. The average molecular weight is 1440 g/mol. The van der Waals surface area contributed by atoms with Crippen molar-refractivity contribution in [2.75, 3.05) is 59.5 Å². The lowest BCUT2D eigenvalue weighted by atomic mass is 9.73. The molecule has 1 saturated carbocycles. The average Bonchev–Trinajstić information content (AvgIpc) is 0.653. The van der Waals surface area contributed by atoms with Gasteiger partial charge in [0, 0.05) is 6.61 Å². The van der Waals surface area contributed by atoms with Crippen LogP contribution in [0, 0.1) is 0 Å². The predicted molar refractivity (Wildman–Crippen MR) is 425 cm³/mol. The zero-order valence-corrected chi connectivity index (χ0v) is 69.3. The molecule has 1 fully saturated rings. The standard InChI is InChI=1S/C87H174O12S/c1-10-19-28-37-46-55-64-73-91-83(92-74-65-56-47-38-29-20-11-2)82-84(100(88,89)90,93-75-66-57-48-39-30-21-12-3)86(96-78-69-60-51-42-33-24-15-6,97-79-70-61-52-43-34-25-16-7)87(98-80-71-62-53-44-35-26-17-8,99-81-72-63-54-45-36-27-18-9)85(83,94-76-67-58-49-40-31-22-13-4)95-77-68-59-50-41-32-23-14-5/h10-82H2,1-9H3,(H,88,89,90). The van der Waals surface area contributed by atoms with Crippen LogP contribution in [0.4, 0.5) is 0 Å². The van der Waals surface area contributed by atoms with Gasteiger partial charge in [-0.15, -0.1) is 0 Å². The Balaban J connectivity index is 5.19. The van der Waals surface area contributed by atoms with Gasteiger partial charge in [-0.05, 0) is 57.8 Å². The molecule has 0 radical (unpaired) electrons. The van der Waals surface area contributed by atoms with Crippen molar-refractivity contribution in [2.45, 2.75) is 501 Å². The molecule has 1 unspecified atom stereocenters. The smallest absolute Gasteiger partial charge is 0.301 e. The quantitative estimate of drug-likeness (QED) is 0.0352. The van der Waals surface area contributed by atoms with E-state index in [2.05, 4.69) is 62.3 Å². The maximum atomic E-state index is 16.4. The fourth-order valence-corrected chi connectivity index (χ4v) is 16.1. The Kier molecular flexibility index (Phi) is 66.2. The molecule has 1 aliphatic rings. The Morgan fingerprint density at radius 3 is 0.540 bits per heavy atom. The van der Waals surface area contributed by atoms with Gasteiger partial charge in [0.05, 0.1) is 59.3 Å². The fourth-order valence-electron chi connectivity index (χ4n) is 14.9. The Hall–Kier alpha value is -0.450. The molecule has 100 heavy (non-hydrogen) atoms. The molecule has 12 nitrogen and oxygen atoms in total. The Labute approximate surface area is 623 Å². The second-order valence-electron chi connectivity index (χ2n) is 30.7. The maximum absolute atomic E-state index is 16.4. The van der Waals surface area contributed by atoms with E-state index in [0.29, 0.717) is 57.8 Å². The largest absolute Gasteiger partial charge is 0.352 e. The molecule has 0 aliphatic heterocycles. The fraction of sp³-hybridized carbons (Fsp3) is 1.00. The zero-order valence-electron chi connectivity index (χ0n) is 68.5. The highest BCUT2D eigenvalue weighted by Crippen LogP contribution is 2.65. The molecule has 0 aromatic carbocycles. The van der Waals surface area contributed by atoms with Gasteiger partial charge in [0.1, 0.15) is 0 Å². The second-order valence-corrected chi connectivity index (χ2v) is 32.3. The lowest BCUT2D eigenvalue weighted by Gasteiger charge is -2.68. The summed E-state index contributed by atoms with van der Waals surface area (Å²) < 4.78 is 117. The van der Waals surface area contributed by atoms with Gasteiger partial charge in [-0.1, -0.05) is 409 Å². The summed E-state index contributed by atoms with van der Waals surface area (Å²) >= 11 is 0. The van der Waals surface area contributed by atoms with Gasteiger partial charge in [0.15, 0.2) is 0 Å². The molecule has 13 heteroatoms. The molecular formula is C87H174O12S. The second kappa shape index (κ2) is 67.9. The van der Waals surface area contributed by atoms with Gasteiger partial charge in [-0.3, -0.25) is 4.55 Å². The highest BCUT2D eigenvalue weighted by Gasteiger charge is 2.92. The molecule has 600 valence electrons. The molecule has 1 N–H and O–H groups in total. The van der Waals surface area contributed by atoms with E-state index in [0.717, 1.165) is 212 Å². The molecule has 0 amide bonds. The van der Waals surface area contributed by atoms with Gasteiger partial charge in [-0.25, -0.2) is 0 Å². The molecule has 0 aromatic heterocycles. The van der Waals surface area contributed by atoms with Crippen LogP contribution in [-0.2, 0) is 52.7 Å². The van der Waals surface area contributed by atoms with E-state index in [1.54, 1.807) is 0 Å². The molecule has 0 heterocycles. The summed E-state index contributed by atoms with van der Waals surface area (Å²) in [6, 6.07) is 0. The summed E-state index contributed by atoms with van der Waals surface area (Å²) in [6.45, 7) is 21.7. The maximum Gasteiger partial charge on any atom is 0.301 e. The minimum Gasteiger partial charge on any atom is -0.352 e. The Morgan fingerprint density at radius 2 is 0.350 bits per heavy atom. The third-order valence-corrected chi connectivity index (χ3v) is 22.7. The van der Waals surface area contributed by atoms with Crippen LogP contribution in [0.25, 0.3) is 0 Å². The summed E-state index contributed by atoms with van der Waals surface area (Å²) in [4.78, 5) is -2.75. The number of hydrogen-bond acceptors (Lipinski definition) is 11. The molecule has 1 atom stereocenters. The molecule has 1 aliphatic carbocycles. The lowest BCUT2D eigenvalue weighted by Crippen LogP contribution is -2.92. The predicted octanol–water partition coefficient (Wildman–Crippen LogP) is 27.7. The van der Waals surface area contributed by atoms with Crippen molar-refractivity contribution in [3.05, 3.63) is 0 Å². The van der Waals surface area contributed by atoms with Crippen molar-refractivity contribution < 1.29 is 55.6 Å². The molecule has 0 bridgehead atoms. The van der Waals surface area contributed by atoms with Gasteiger partial charge in [0.25, 0.3) is 22.3 Å². The summed E-state index contributed by atoms with van der Waals surface area (Å²) in [5, 5.41) is 0. The first-order valence-electron chi connectivity index (χ1n) is 44.7. The zero-order chi connectivity index (χ0) is 73.0. The highest BCUT2D eigenvalue weighted by molar-refractivity contribution is 7.87. The Morgan fingerprint density at radius 1 is 0.200 bits per heavy atom. The van der Waals surface area contributed by atoms with Gasteiger partial charge >= 0.3 is 10.1 Å². The van der Waals surface area contributed by atoms with E-state index in [-0.39, 0.29) is 59.5 Å². The van der Waals surface area contributed by atoms with E-state index >= 15 is 8.42 Å². The molecule has 0 saturated heterocycles. The minimum atomic E-state index is -5.48. The number of hydrogen-bond donors (Lipinski definition) is 1. The monoisotopic (exact) mass is 1440 g/mol. The van der Waals surface area contributed by atoms with E-state index in [1.165, 1.54) is 135 Å². The van der Waals surface area contributed by atoms with Crippen molar-refractivity contribution in [2.24, 2.45) is 0 Å². The minimum absolute atomic E-state index is 0.00112. The number of ether oxygens (including phenoxy) is 9. The normalized spacial score (nSPS) is 16.5. The summed E-state index contributed by atoms with van der Waals surface area (Å²) in [7, 11) is -5.48. The Bertz CT molecular complexity index is 1720. The molecule has 0 spiro atoms. The van der Waals surface area contributed by atoms with Crippen LogP contribution in [0.1, 0.15) is 473 Å². The molecule has 0 aromatic rings. The van der Waals surface area contributed by atoms with Crippen LogP contribution in [-0.4, -0.2) is 101 Å². The molecule has 1 rings (SSSR count). The van der Waals surface area contributed by atoms with Crippen LogP contribution in [0.15, 0.2) is 0 Å². The van der Waals surface area contributed by atoms with E-state index in [4.69, 9.17) is 42.6 Å². The topological polar surface area (TPSA) is 137 Å². The summed E-state index contributed by atoms with van der Waals surface area (Å²) in [6.07, 6.45) is 64.6. The van der Waals surface area contributed by atoms with Crippen LogP contribution >= 0.6 is 0 Å². The summed E-state index contributed by atoms with van der Waals surface area (Å²) in [5.41, 5.74) is 0. The van der Waals surface area contributed by atoms with Crippen LogP contribution < -0.4 is 0 Å². The van der Waals surface area contributed by atoms with Crippen LogP contribution in [0.2, 0.25) is 0 Å². The van der Waals surface area contributed by atoms with Gasteiger partial charge in [0.2, 0.25) is 5.79 Å². The lowest BCUT2D eigenvalue weighted by molar-refractivity contribution is -0.582. The third-order valence-electron chi connectivity index (χ3n) is 21.3.